The first kappa shape index (κ1) is 13.2. The predicted octanol–water partition coefficient (Wildman–Crippen LogP) is 1.82. The van der Waals surface area contributed by atoms with Crippen molar-refractivity contribution >= 4 is 12.0 Å². The largest absolute Gasteiger partial charge is 0.480 e. The summed E-state index contributed by atoms with van der Waals surface area (Å²) in [4.78, 5) is 25.2. The summed E-state index contributed by atoms with van der Waals surface area (Å²) in [6.45, 7) is 4.06. The highest BCUT2D eigenvalue weighted by atomic mass is 16.4. The van der Waals surface area contributed by atoms with E-state index in [0.29, 0.717) is 0 Å². The molecule has 2 amide bonds. The topological polar surface area (TPSA) is 69.6 Å². The second-order valence-corrected chi connectivity index (χ2v) is 5.64. The van der Waals surface area contributed by atoms with Crippen molar-refractivity contribution in [3.63, 3.8) is 0 Å². The maximum Gasteiger partial charge on any atom is 0.326 e. The van der Waals surface area contributed by atoms with Crippen molar-refractivity contribution in [3.05, 3.63) is 0 Å². The molecule has 1 saturated carbocycles. The standard InChI is InChI=1S/C13H22N2O3/c1-8-4-3-5-9(2)15(8)13(18)14-11(12(16)17)10-6-7-10/h8-11H,3-7H2,1-2H3,(H,14,18)(H,16,17)/t8-,9+,11?. The molecule has 0 spiro atoms. The number of nitrogens with zero attached hydrogens (tertiary/aromatic N) is 1. The Morgan fingerprint density at radius 3 is 2.17 bits per heavy atom. The number of hydrogen-bond acceptors (Lipinski definition) is 2. The Kier molecular flexibility index (Phi) is 3.78. The molecule has 2 aliphatic rings. The summed E-state index contributed by atoms with van der Waals surface area (Å²) >= 11 is 0. The van der Waals surface area contributed by atoms with Crippen LogP contribution in [-0.2, 0) is 4.79 Å². The Hall–Kier alpha value is -1.26. The molecule has 1 unspecified atom stereocenters. The molecule has 0 aromatic rings. The third-order valence-corrected chi connectivity index (χ3v) is 4.07. The molecule has 2 rings (SSSR count). The SMILES string of the molecule is C[C@@H]1CCC[C@H](C)N1C(=O)NC(C(=O)O)C1CC1. The number of amides is 2. The van der Waals surface area contributed by atoms with E-state index in [1.165, 1.54) is 0 Å². The Labute approximate surface area is 108 Å². The van der Waals surface area contributed by atoms with Gasteiger partial charge >= 0.3 is 12.0 Å². The first-order chi connectivity index (χ1) is 8.50. The van der Waals surface area contributed by atoms with Crippen LogP contribution in [0.4, 0.5) is 4.79 Å². The Balaban J connectivity index is 1.98. The summed E-state index contributed by atoms with van der Waals surface area (Å²) in [7, 11) is 0. The lowest BCUT2D eigenvalue weighted by molar-refractivity contribution is -0.139. The Morgan fingerprint density at radius 2 is 1.72 bits per heavy atom. The van der Waals surface area contributed by atoms with Crippen LogP contribution in [0.3, 0.4) is 0 Å². The van der Waals surface area contributed by atoms with Gasteiger partial charge in [-0.2, -0.15) is 0 Å². The third-order valence-electron chi connectivity index (χ3n) is 4.07. The lowest BCUT2D eigenvalue weighted by atomic mass is 9.98. The Morgan fingerprint density at radius 1 is 1.17 bits per heavy atom. The van der Waals surface area contributed by atoms with E-state index >= 15 is 0 Å². The van der Waals surface area contributed by atoms with E-state index in [0.717, 1.165) is 32.1 Å². The van der Waals surface area contributed by atoms with Gasteiger partial charge in [-0.05, 0) is 51.9 Å². The average molecular weight is 254 g/mol. The summed E-state index contributed by atoms with van der Waals surface area (Å²) in [5.41, 5.74) is 0. The highest BCUT2D eigenvalue weighted by molar-refractivity contribution is 5.83. The van der Waals surface area contributed by atoms with Crippen LogP contribution in [-0.4, -0.2) is 40.1 Å². The van der Waals surface area contributed by atoms with Crippen LogP contribution in [0, 0.1) is 5.92 Å². The van der Waals surface area contributed by atoms with Crippen LogP contribution >= 0.6 is 0 Å². The number of urea groups is 1. The number of carboxylic acid groups (broad SMARTS) is 1. The third kappa shape index (κ3) is 2.76. The summed E-state index contributed by atoms with van der Waals surface area (Å²) in [6, 6.07) is -0.530. The van der Waals surface area contributed by atoms with Crippen molar-refractivity contribution < 1.29 is 14.7 Å². The summed E-state index contributed by atoms with van der Waals surface area (Å²) < 4.78 is 0. The van der Waals surface area contributed by atoms with E-state index in [9.17, 15) is 9.59 Å². The Bertz CT molecular complexity index is 331. The average Bonchev–Trinajstić information content (AvgIpc) is 3.09. The van der Waals surface area contributed by atoms with Gasteiger partial charge in [0.05, 0.1) is 0 Å². The van der Waals surface area contributed by atoms with Crippen LogP contribution in [0.2, 0.25) is 0 Å². The maximum absolute atomic E-state index is 12.2. The molecule has 3 atom stereocenters. The van der Waals surface area contributed by atoms with Crippen LogP contribution < -0.4 is 5.32 Å². The van der Waals surface area contributed by atoms with Crippen LogP contribution in [0.25, 0.3) is 0 Å². The number of rotatable bonds is 3. The second kappa shape index (κ2) is 5.16. The summed E-state index contributed by atoms with van der Waals surface area (Å²) in [5.74, 6) is -0.787. The zero-order valence-electron chi connectivity index (χ0n) is 11.1. The zero-order chi connectivity index (χ0) is 13.3. The number of carboxylic acids is 1. The quantitative estimate of drug-likeness (QED) is 0.807. The van der Waals surface area contributed by atoms with Crippen molar-refractivity contribution in [1.29, 1.82) is 0 Å². The molecule has 2 N–H and O–H groups in total. The molecule has 0 aromatic carbocycles. The fourth-order valence-corrected chi connectivity index (χ4v) is 2.84. The maximum atomic E-state index is 12.2. The monoisotopic (exact) mass is 254 g/mol. The lowest BCUT2D eigenvalue weighted by Gasteiger charge is -2.39. The molecule has 1 aliphatic carbocycles. The van der Waals surface area contributed by atoms with Crippen molar-refractivity contribution in [3.8, 4) is 0 Å². The number of carbonyl (C=O) groups is 2. The molecule has 0 radical (unpaired) electrons. The van der Waals surface area contributed by atoms with Gasteiger partial charge < -0.3 is 15.3 Å². The number of carbonyl (C=O) groups excluding carboxylic acids is 1. The molecule has 2 fully saturated rings. The van der Waals surface area contributed by atoms with Crippen molar-refractivity contribution in [1.82, 2.24) is 10.2 Å². The second-order valence-electron chi connectivity index (χ2n) is 5.64. The van der Waals surface area contributed by atoms with Crippen molar-refractivity contribution in [2.75, 3.05) is 0 Å². The van der Waals surface area contributed by atoms with Gasteiger partial charge in [-0.25, -0.2) is 9.59 Å². The summed E-state index contributed by atoms with van der Waals surface area (Å²) in [6.07, 6.45) is 4.94. The molecule has 1 heterocycles. The van der Waals surface area contributed by atoms with Gasteiger partial charge in [0, 0.05) is 12.1 Å². The van der Waals surface area contributed by atoms with Gasteiger partial charge in [0.2, 0.25) is 0 Å². The molecule has 18 heavy (non-hydrogen) atoms. The van der Waals surface area contributed by atoms with E-state index in [1.807, 2.05) is 18.7 Å². The highest BCUT2D eigenvalue weighted by Gasteiger charge is 2.39. The molecule has 5 heteroatoms. The summed E-state index contributed by atoms with van der Waals surface area (Å²) in [5, 5.41) is 11.8. The highest BCUT2D eigenvalue weighted by Crippen LogP contribution is 2.33. The number of hydrogen-bond donors (Lipinski definition) is 2. The lowest BCUT2D eigenvalue weighted by Crippen LogP contribution is -2.55. The smallest absolute Gasteiger partial charge is 0.326 e. The van der Waals surface area contributed by atoms with Gasteiger partial charge in [0.1, 0.15) is 6.04 Å². The van der Waals surface area contributed by atoms with Gasteiger partial charge in [-0.15, -0.1) is 0 Å². The van der Waals surface area contributed by atoms with Gasteiger partial charge in [0.15, 0.2) is 0 Å². The van der Waals surface area contributed by atoms with E-state index in [4.69, 9.17) is 5.11 Å². The molecule has 0 aromatic heterocycles. The number of nitrogens with one attached hydrogen (secondary N) is 1. The van der Waals surface area contributed by atoms with Crippen molar-refractivity contribution in [2.45, 2.75) is 64.1 Å². The molecule has 102 valence electrons. The molecule has 5 nitrogen and oxygen atoms in total. The predicted molar refractivity (Wildman–Crippen MR) is 67.3 cm³/mol. The first-order valence-electron chi connectivity index (χ1n) is 6.82. The minimum atomic E-state index is -0.914. The normalized spacial score (nSPS) is 29.8. The van der Waals surface area contributed by atoms with Crippen molar-refractivity contribution in [2.24, 2.45) is 5.92 Å². The van der Waals surface area contributed by atoms with E-state index in [1.54, 1.807) is 0 Å². The minimum Gasteiger partial charge on any atom is -0.480 e. The number of piperidine rings is 1. The molecular weight excluding hydrogens is 232 g/mol. The molecule has 1 saturated heterocycles. The molecular formula is C13H22N2O3. The number of aliphatic carboxylic acids is 1. The van der Waals surface area contributed by atoms with Crippen LogP contribution in [0.1, 0.15) is 46.0 Å². The van der Waals surface area contributed by atoms with Gasteiger partial charge in [0.25, 0.3) is 0 Å². The van der Waals surface area contributed by atoms with Gasteiger partial charge in [-0.1, -0.05) is 0 Å². The van der Waals surface area contributed by atoms with E-state index < -0.39 is 12.0 Å². The zero-order valence-corrected chi connectivity index (χ0v) is 11.1. The first-order valence-corrected chi connectivity index (χ1v) is 6.82. The van der Waals surface area contributed by atoms with Gasteiger partial charge in [-0.3, -0.25) is 0 Å². The molecule has 1 aliphatic heterocycles. The van der Waals surface area contributed by atoms with Crippen LogP contribution in [0.15, 0.2) is 0 Å². The minimum absolute atomic E-state index is 0.127. The van der Waals surface area contributed by atoms with Crippen LogP contribution in [0.5, 0.6) is 0 Å². The van der Waals surface area contributed by atoms with E-state index in [2.05, 4.69) is 5.32 Å². The molecule has 0 bridgehead atoms. The fraction of sp³-hybridized carbons (Fsp3) is 0.846. The van der Waals surface area contributed by atoms with E-state index in [-0.39, 0.29) is 24.0 Å². The number of likely N-dealkylation sites (tertiary alicyclic amines) is 1. The fourth-order valence-electron chi connectivity index (χ4n) is 2.84.